The van der Waals surface area contributed by atoms with Crippen molar-refractivity contribution in [3.63, 3.8) is 0 Å². The lowest BCUT2D eigenvalue weighted by Crippen LogP contribution is -2.27. The van der Waals surface area contributed by atoms with Gasteiger partial charge in [0, 0.05) is 31.5 Å². The van der Waals surface area contributed by atoms with Crippen molar-refractivity contribution in [3.05, 3.63) is 41.2 Å². The van der Waals surface area contributed by atoms with Gasteiger partial charge in [-0.1, -0.05) is 18.2 Å². The van der Waals surface area contributed by atoms with Crippen LogP contribution >= 0.6 is 0 Å². The van der Waals surface area contributed by atoms with Gasteiger partial charge in [-0.3, -0.25) is 14.9 Å². The van der Waals surface area contributed by atoms with Crippen molar-refractivity contribution in [2.45, 2.75) is 25.7 Å². The molecule has 0 bridgehead atoms. The number of para-hydroxylation sites is 1. The minimum absolute atomic E-state index is 0.0182. The van der Waals surface area contributed by atoms with Crippen molar-refractivity contribution in [3.8, 4) is 12.1 Å². The number of hydrogen-bond acceptors (Lipinski definition) is 5. The quantitative estimate of drug-likeness (QED) is 0.874. The molecule has 1 aromatic carbocycles. The standard InChI is InChI=1S/C18H16N6O2/c1-11(25)24-10-12(13-4-2-3-5-16(13)24)6-7-17(26)23-18-21-14(8-19)15(9-20)22-18/h2-5,12H,6-7,10H2,1H3,(H2,21,22,23,26)/t12-/m0/s1. The van der Waals surface area contributed by atoms with Gasteiger partial charge in [-0.2, -0.15) is 10.5 Å². The molecule has 2 N–H and O–H groups in total. The van der Waals surface area contributed by atoms with Crippen LogP contribution < -0.4 is 10.2 Å². The minimum atomic E-state index is -0.272. The molecule has 26 heavy (non-hydrogen) atoms. The van der Waals surface area contributed by atoms with Crippen molar-refractivity contribution in [1.82, 2.24) is 9.97 Å². The molecule has 2 amide bonds. The predicted molar refractivity (Wildman–Crippen MR) is 93.1 cm³/mol. The average molecular weight is 348 g/mol. The number of nitrogens with one attached hydrogen (secondary N) is 2. The first kappa shape index (κ1) is 17.2. The van der Waals surface area contributed by atoms with Crippen LogP contribution in [0.3, 0.4) is 0 Å². The Morgan fingerprint density at radius 3 is 2.77 bits per heavy atom. The smallest absolute Gasteiger partial charge is 0.226 e. The van der Waals surface area contributed by atoms with Gasteiger partial charge in [0.05, 0.1) is 0 Å². The van der Waals surface area contributed by atoms with E-state index in [4.69, 9.17) is 10.5 Å². The Morgan fingerprint density at radius 2 is 2.12 bits per heavy atom. The van der Waals surface area contributed by atoms with Gasteiger partial charge in [-0.15, -0.1) is 0 Å². The maximum Gasteiger partial charge on any atom is 0.226 e. The molecule has 0 fully saturated rings. The summed E-state index contributed by atoms with van der Waals surface area (Å²) in [5.74, 6) is -0.124. The summed E-state index contributed by atoms with van der Waals surface area (Å²) in [5.41, 5.74) is 1.93. The van der Waals surface area contributed by atoms with Gasteiger partial charge in [0.2, 0.25) is 17.8 Å². The molecule has 0 saturated heterocycles. The number of imidazole rings is 1. The highest BCUT2D eigenvalue weighted by molar-refractivity contribution is 5.94. The molecule has 2 aromatic rings. The summed E-state index contributed by atoms with van der Waals surface area (Å²) in [6.07, 6.45) is 0.804. The zero-order valence-electron chi connectivity index (χ0n) is 14.1. The Bertz CT molecular complexity index is 918. The fourth-order valence-corrected chi connectivity index (χ4v) is 3.13. The van der Waals surface area contributed by atoms with E-state index in [2.05, 4.69) is 15.3 Å². The molecule has 2 heterocycles. The van der Waals surface area contributed by atoms with Crippen LogP contribution in [0.4, 0.5) is 11.6 Å². The van der Waals surface area contributed by atoms with E-state index in [1.54, 1.807) is 11.0 Å². The topological polar surface area (TPSA) is 126 Å². The molecule has 1 aliphatic rings. The van der Waals surface area contributed by atoms with Gasteiger partial charge >= 0.3 is 0 Å². The maximum absolute atomic E-state index is 12.2. The zero-order chi connectivity index (χ0) is 18.7. The van der Waals surface area contributed by atoms with Gasteiger partial charge in [0.15, 0.2) is 11.4 Å². The summed E-state index contributed by atoms with van der Waals surface area (Å²) in [5, 5.41) is 20.3. The van der Waals surface area contributed by atoms with E-state index < -0.39 is 0 Å². The van der Waals surface area contributed by atoms with Crippen molar-refractivity contribution in [1.29, 1.82) is 10.5 Å². The molecule has 1 aliphatic heterocycles. The van der Waals surface area contributed by atoms with Crippen molar-refractivity contribution < 1.29 is 9.59 Å². The van der Waals surface area contributed by atoms with Gasteiger partial charge in [0.1, 0.15) is 12.1 Å². The summed E-state index contributed by atoms with van der Waals surface area (Å²) in [6, 6.07) is 11.3. The molecule has 0 saturated carbocycles. The summed E-state index contributed by atoms with van der Waals surface area (Å²) in [6.45, 7) is 2.09. The fraction of sp³-hybridized carbons (Fsp3) is 0.278. The number of benzene rings is 1. The molecule has 0 spiro atoms. The Morgan fingerprint density at radius 1 is 1.35 bits per heavy atom. The molecular weight excluding hydrogens is 332 g/mol. The Hall–Kier alpha value is -3.65. The molecule has 8 nitrogen and oxygen atoms in total. The number of carbonyl (C=O) groups excluding carboxylic acids is 2. The van der Waals surface area contributed by atoms with Crippen molar-refractivity contribution in [2.24, 2.45) is 0 Å². The molecule has 0 radical (unpaired) electrons. The SMILES string of the molecule is CC(=O)N1C[C@H](CCC(=O)Nc2nc(C#N)c(C#N)[nH]2)c2ccccc21. The highest BCUT2D eigenvalue weighted by Gasteiger charge is 2.30. The lowest BCUT2D eigenvalue weighted by molar-refractivity contribution is -0.116. The number of hydrogen-bond donors (Lipinski definition) is 2. The van der Waals surface area contributed by atoms with Crippen LogP contribution in [0.5, 0.6) is 0 Å². The van der Waals surface area contributed by atoms with Crippen molar-refractivity contribution in [2.75, 3.05) is 16.8 Å². The third kappa shape index (κ3) is 3.26. The van der Waals surface area contributed by atoms with Crippen LogP contribution in [0.1, 0.15) is 42.6 Å². The second-order valence-electron chi connectivity index (χ2n) is 6.00. The van der Waals surface area contributed by atoms with Gasteiger partial charge < -0.3 is 9.88 Å². The third-order valence-electron chi connectivity index (χ3n) is 4.35. The van der Waals surface area contributed by atoms with E-state index in [1.807, 2.05) is 30.3 Å². The molecule has 130 valence electrons. The summed E-state index contributed by atoms with van der Waals surface area (Å²) < 4.78 is 0. The van der Waals surface area contributed by atoms with Crippen LogP contribution in [-0.2, 0) is 9.59 Å². The normalized spacial score (nSPS) is 15.0. The monoisotopic (exact) mass is 348 g/mol. The van der Waals surface area contributed by atoms with E-state index >= 15 is 0 Å². The van der Waals surface area contributed by atoms with Gasteiger partial charge in [0.25, 0.3) is 0 Å². The molecule has 0 aliphatic carbocycles. The van der Waals surface area contributed by atoms with E-state index in [-0.39, 0.29) is 41.5 Å². The summed E-state index contributed by atoms with van der Waals surface area (Å²) >= 11 is 0. The van der Waals surface area contributed by atoms with E-state index in [9.17, 15) is 9.59 Å². The van der Waals surface area contributed by atoms with Gasteiger partial charge in [-0.25, -0.2) is 4.98 Å². The number of amides is 2. The van der Waals surface area contributed by atoms with Crippen LogP contribution in [0.2, 0.25) is 0 Å². The van der Waals surface area contributed by atoms with Crippen LogP contribution in [0, 0.1) is 22.7 Å². The Labute approximate surface area is 150 Å². The van der Waals surface area contributed by atoms with Crippen LogP contribution in [0.15, 0.2) is 24.3 Å². The first-order valence-corrected chi connectivity index (χ1v) is 8.10. The lowest BCUT2D eigenvalue weighted by Gasteiger charge is -2.15. The number of nitriles is 2. The number of anilines is 2. The molecular formula is C18H16N6O2. The van der Waals surface area contributed by atoms with Crippen molar-refractivity contribution >= 4 is 23.5 Å². The minimum Gasteiger partial charge on any atom is -0.314 e. The third-order valence-corrected chi connectivity index (χ3v) is 4.35. The maximum atomic E-state index is 12.2. The Balaban J connectivity index is 1.64. The van der Waals surface area contributed by atoms with E-state index in [1.165, 1.54) is 6.92 Å². The number of carbonyl (C=O) groups is 2. The van der Waals surface area contributed by atoms with E-state index in [0.29, 0.717) is 13.0 Å². The Kier molecular flexibility index (Phi) is 4.68. The van der Waals surface area contributed by atoms with Crippen LogP contribution in [-0.4, -0.2) is 28.3 Å². The second-order valence-corrected chi connectivity index (χ2v) is 6.00. The number of fused-ring (bicyclic) bond motifs is 1. The largest absolute Gasteiger partial charge is 0.314 e. The summed E-state index contributed by atoms with van der Waals surface area (Å²) in [7, 11) is 0. The van der Waals surface area contributed by atoms with Gasteiger partial charge in [-0.05, 0) is 18.1 Å². The number of H-pyrrole nitrogens is 1. The highest BCUT2D eigenvalue weighted by atomic mass is 16.2. The van der Waals surface area contributed by atoms with Crippen LogP contribution in [0.25, 0.3) is 0 Å². The fourth-order valence-electron chi connectivity index (χ4n) is 3.13. The average Bonchev–Trinajstić information content (AvgIpc) is 3.20. The number of nitrogens with zero attached hydrogens (tertiary/aromatic N) is 4. The molecule has 0 unspecified atom stereocenters. The number of aromatic nitrogens is 2. The lowest BCUT2D eigenvalue weighted by atomic mass is 9.96. The highest BCUT2D eigenvalue weighted by Crippen LogP contribution is 2.38. The first-order chi connectivity index (χ1) is 12.5. The zero-order valence-corrected chi connectivity index (χ0v) is 14.1. The number of rotatable bonds is 4. The molecule has 3 rings (SSSR count). The van der Waals surface area contributed by atoms with E-state index in [0.717, 1.165) is 11.3 Å². The predicted octanol–water partition coefficient (Wildman–Crippen LogP) is 2.02. The first-order valence-electron chi connectivity index (χ1n) is 8.10. The molecule has 1 aromatic heterocycles. The summed E-state index contributed by atoms with van der Waals surface area (Å²) in [4.78, 5) is 32.2. The molecule has 8 heteroatoms. The second kappa shape index (κ2) is 7.08. The number of aromatic amines is 1. The molecule has 1 atom stereocenters.